The van der Waals surface area contributed by atoms with E-state index in [1.54, 1.807) is 6.33 Å². The lowest BCUT2D eigenvalue weighted by atomic mass is 10.1. The van der Waals surface area contributed by atoms with Gasteiger partial charge in [0.2, 0.25) is 0 Å². The summed E-state index contributed by atoms with van der Waals surface area (Å²) in [5.41, 5.74) is 3.98. The van der Waals surface area contributed by atoms with Crippen LogP contribution in [0.3, 0.4) is 0 Å². The van der Waals surface area contributed by atoms with Gasteiger partial charge >= 0.3 is 0 Å². The third-order valence-electron chi connectivity index (χ3n) is 3.66. The zero-order valence-electron chi connectivity index (χ0n) is 13.2. The summed E-state index contributed by atoms with van der Waals surface area (Å²) < 4.78 is 5.48. The van der Waals surface area contributed by atoms with Gasteiger partial charge in [-0.1, -0.05) is 12.1 Å². The number of fused-ring (bicyclic) bond motifs is 1. The smallest absolute Gasteiger partial charge is 0.141 e. The number of aromatic nitrogens is 2. The first-order valence-corrected chi connectivity index (χ1v) is 7.50. The Bertz CT molecular complexity index is 828. The first kappa shape index (κ1) is 15.2. The number of aliphatic hydroxyl groups excluding tert-OH is 1. The highest BCUT2D eigenvalue weighted by Gasteiger charge is 2.08. The Morgan fingerprint density at radius 2 is 1.96 bits per heavy atom. The van der Waals surface area contributed by atoms with E-state index in [0.717, 1.165) is 39.3 Å². The Kier molecular flexibility index (Phi) is 4.39. The summed E-state index contributed by atoms with van der Waals surface area (Å²) in [5.74, 6) is 1.56. The molecule has 3 aromatic rings. The quantitative estimate of drug-likeness (QED) is 0.756. The van der Waals surface area contributed by atoms with Crippen molar-refractivity contribution in [3.8, 4) is 5.75 Å². The molecule has 0 saturated carbocycles. The summed E-state index contributed by atoms with van der Waals surface area (Å²) in [6.07, 6.45) is 1.57. The summed E-state index contributed by atoms with van der Waals surface area (Å²) >= 11 is 0. The predicted octanol–water partition coefficient (Wildman–Crippen LogP) is 3.36. The number of anilines is 2. The second-order valence-corrected chi connectivity index (χ2v) is 5.37. The zero-order valence-corrected chi connectivity index (χ0v) is 13.2. The van der Waals surface area contributed by atoms with Crippen molar-refractivity contribution in [2.45, 2.75) is 13.8 Å². The van der Waals surface area contributed by atoms with Crippen molar-refractivity contribution in [1.29, 1.82) is 0 Å². The molecule has 5 nitrogen and oxygen atoms in total. The van der Waals surface area contributed by atoms with Crippen molar-refractivity contribution in [3.63, 3.8) is 0 Å². The SMILES string of the molecule is Cc1cc(Nc2ncnc3cccc(C)c23)ccc1OCCO. The average Bonchev–Trinajstić information content (AvgIpc) is 2.54. The molecule has 1 heterocycles. The molecule has 0 bridgehead atoms. The molecule has 0 fully saturated rings. The van der Waals surface area contributed by atoms with E-state index < -0.39 is 0 Å². The van der Waals surface area contributed by atoms with Crippen molar-refractivity contribution in [1.82, 2.24) is 9.97 Å². The molecule has 0 aliphatic carbocycles. The van der Waals surface area contributed by atoms with Crippen molar-refractivity contribution >= 4 is 22.4 Å². The van der Waals surface area contributed by atoms with E-state index in [4.69, 9.17) is 9.84 Å². The molecule has 1 aromatic heterocycles. The van der Waals surface area contributed by atoms with Gasteiger partial charge in [0.15, 0.2) is 0 Å². The molecule has 2 N–H and O–H groups in total. The maximum Gasteiger partial charge on any atom is 0.141 e. The lowest BCUT2D eigenvalue weighted by Gasteiger charge is -2.13. The van der Waals surface area contributed by atoms with Gasteiger partial charge in [-0.3, -0.25) is 0 Å². The molecule has 0 aliphatic rings. The van der Waals surface area contributed by atoms with E-state index in [2.05, 4.69) is 15.3 Å². The first-order chi connectivity index (χ1) is 11.2. The van der Waals surface area contributed by atoms with Crippen molar-refractivity contribution < 1.29 is 9.84 Å². The van der Waals surface area contributed by atoms with Crippen LogP contribution < -0.4 is 10.1 Å². The molecular weight excluding hydrogens is 290 g/mol. The van der Waals surface area contributed by atoms with E-state index in [1.807, 2.05) is 50.2 Å². The highest BCUT2D eigenvalue weighted by atomic mass is 16.5. The van der Waals surface area contributed by atoms with Crippen LogP contribution in [0, 0.1) is 13.8 Å². The monoisotopic (exact) mass is 309 g/mol. The highest BCUT2D eigenvalue weighted by molar-refractivity contribution is 5.93. The van der Waals surface area contributed by atoms with Crippen LogP contribution in [0.5, 0.6) is 5.75 Å². The van der Waals surface area contributed by atoms with E-state index >= 15 is 0 Å². The highest BCUT2D eigenvalue weighted by Crippen LogP contribution is 2.28. The van der Waals surface area contributed by atoms with Gasteiger partial charge in [-0.25, -0.2) is 9.97 Å². The molecule has 0 saturated heterocycles. The van der Waals surface area contributed by atoms with Gasteiger partial charge in [-0.15, -0.1) is 0 Å². The molecule has 0 unspecified atom stereocenters. The molecule has 118 valence electrons. The van der Waals surface area contributed by atoms with Crippen LogP contribution in [-0.2, 0) is 0 Å². The molecule has 0 spiro atoms. The van der Waals surface area contributed by atoms with Crippen LogP contribution in [0.15, 0.2) is 42.7 Å². The maximum absolute atomic E-state index is 8.84. The number of nitrogens with one attached hydrogen (secondary N) is 1. The Morgan fingerprint density at radius 1 is 1.09 bits per heavy atom. The van der Waals surface area contributed by atoms with Gasteiger partial charge in [-0.2, -0.15) is 0 Å². The minimum atomic E-state index is 0.00560. The lowest BCUT2D eigenvalue weighted by molar-refractivity contribution is 0.200. The summed E-state index contributed by atoms with van der Waals surface area (Å²) in [7, 11) is 0. The molecule has 0 amide bonds. The third kappa shape index (κ3) is 3.24. The standard InChI is InChI=1S/C18H19N3O2/c1-12-4-3-5-15-17(12)18(20-11-19-15)21-14-6-7-16(13(2)10-14)23-9-8-22/h3-7,10-11,22H,8-9H2,1-2H3,(H,19,20,21). The Hall–Kier alpha value is -2.66. The van der Waals surface area contributed by atoms with Crippen LogP contribution in [0.2, 0.25) is 0 Å². The van der Waals surface area contributed by atoms with Crippen LogP contribution in [0.25, 0.3) is 10.9 Å². The first-order valence-electron chi connectivity index (χ1n) is 7.50. The van der Waals surface area contributed by atoms with Crippen LogP contribution >= 0.6 is 0 Å². The van der Waals surface area contributed by atoms with Gasteiger partial charge in [0.1, 0.15) is 24.5 Å². The number of rotatable bonds is 5. The molecule has 0 atom stereocenters. The molecule has 2 aromatic carbocycles. The fourth-order valence-electron chi connectivity index (χ4n) is 2.56. The van der Waals surface area contributed by atoms with Crippen LogP contribution in [-0.4, -0.2) is 28.3 Å². The average molecular weight is 309 g/mol. The normalized spacial score (nSPS) is 10.7. The fourth-order valence-corrected chi connectivity index (χ4v) is 2.56. The second kappa shape index (κ2) is 6.62. The summed E-state index contributed by atoms with van der Waals surface area (Å²) in [6, 6.07) is 11.8. The van der Waals surface area contributed by atoms with Gasteiger partial charge in [0.25, 0.3) is 0 Å². The summed E-state index contributed by atoms with van der Waals surface area (Å²) in [4.78, 5) is 8.69. The number of hydrogen-bond acceptors (Lipinski definition) is 5. The number of benzene rings is 2. The van der Waals surface area contributed by atoms with E-state index in [9.17, 15) is 0 Å². The van der Waals surface area contributed by atoms with Gasteiger partial charge in [-0.05, 0) is 49.2 Å². The number of ether oxygens (including phenoxy) is 1. The Balaban J connectivity index is 1.92. The van der Waals surface area contributed by atoms with E-state index in [-0.39, 0.29) is 6.61 Å². The molecule has 0 aliphatic heterocycles. The zero-order chi connectivity index (χ0) is 16.2. The molecule has 23 heavy (non-hydrogen) atoms. The number of nitrogens with zero attached hydrogens (tertiary/aromatic N) is 2. The number of aryl methyl sites for hydroxylation is 2. The fraction of sp³-hybridized carbons (Fsp3) is 0.222. The lowest BCUT2D eigenvalue weighted by Crippen LogP contribution is -2.03. The number of aliphatic hydroxyl groups is 1. The predicted molar refractivity (Wildman–Crippen MR) is 91.3 cm³/mol. The molecule has 5 heteroatoms. The minimum Gasteiger partial charge on any atom is -0.491 e. The minimum absolute atomic E-state index is 0.00560. The van der Waals surface area contributed by atoms with E-state index in [1.165, 1.54) is 0 Å². The summed E-state index contributed by atoms with van der Waals surface area (Å²) in [6.45, 7) is 4.32. The Morgan fingerprint density at radius 3 is 2.74 bits per heavy atom. The Labute approximate surface area is 135 Å². The van der Waals surface area contributed by atoms with Gasteiger partial charge < -0.3 is 15.2 Å². The molecular formula is C18H19N3O2. The topological polar surface area (TPSA) is 67.3 Å². The number of hydrogen-bond donors (Lipinski definition) is 2. The van der Waals surface area contributed by atoms with Crippen LogP contribution in [0.1, 0.15) is 11.1 Å². The summed E-state index contributed by atoms with van der Waals surface area (Å²) in [5, 5.41) is 13.2. The van der Waals surface area contributed by atoms with E-state index in [0.29, 0.717) is 6.61 Å². The molecule has 0 radical (unpaired) electrons. The van der Waals surface area contributed by atoms with Crippen molar-refractivity contribution in [2.75, 3.05) is 18.5 Å². The van der Waals surface area contributed by atoms with Crippen LogP contribution in [0.4, 0.5) is 11.5 Å². The van der Waals surface area contributed by atoms with Crippen molar-refractivity contribution in [3.05, 3.63) is 53.9 Å². The maximum atomic E-state index is 8.84. The third-order valence-corrected chi connectivity index (χ3v) is 3.66. The van der Waals surface area contributed by atoms with Gasteiger partial charge in [0, 0.05) is 11.1 Å². The largest absolute Gasteiger partial charge is 0.491 e. The second-order valence-electron chi connectivity index (χ2n) is 5.37. The van der Waals surface area contributed by atoms with Gasteiger partial charge in [0.05, 0.1) is 12.1 Å². The molecule has 3 rings (SSSR count). The van der Waals surface area contributed by atoms with Crippen molar-refractivity contribution in [2.24, 2.45) is 0 Å².